The number of phenolic OH excluding ortho intramolecular Hbond substituents is 2. The molecule has 4 saturated heterocycles. The van der Waals surface area contributed by atoms with Crippen LogP contribution in [0.5, 0.6) is 11.5 Å². The van der Waals surface area contributed by atoms with E-state index >= 15 is 0 Å². The molecule has 3 aromatic rings. The van der Waals surface area contributed by atoms with Crippen LogP contribution >= 0.6 is 0 Å². The summed E-state index contributed by atoms with van der Waals surface area (Å²) in [5.74, 6) is -0.440. The average molecular weight is 586 g/mol. The summed E-state index contributed by atoms with van der Waals surface area (Å²) in [5, 5.41) is 22.1. The first-order valence-corrected chi connectivity index (χ1v) is 15.2. The average Bonchev–Trinajstić information content (AvgIpc) is 3.58. The number of carbonyl (C=O) groups excluding carboxylic acids is 2. The van der Waals surface area contributed by atoms with E-state index in [0.717, 1.165) is 40.7 Å². The van der Waals surface area contributed by atoms with Gasteiger partial charge in [0.2, 0.25) is 0 Å². The van der Waals surface area contributed by atoms with Crippen molar-refractivity contribution in [2.24, 2.45) is 5.92 Å². The van der Waals surface area contributed by atoms with Gasteiger partial charge in [0.25, 0.3) is 5.91 Å². The molecule has 4 aliphatic rings. The van der Waals surface area contributed by atoms with Crippen LogP contribution in [0.2, 0.25) is 0 Å². The molecule has 3 aromatic carbocycles. The third kappa shape index (κ3) is 4.51. The number of ether oxygens (including phenoxy) is 1. The third-order valence-electron chi connectivity index (χ3n) is 9.89. The monoisotopic (exact) mass is 585 g/mol. The molecule has 1 spiro atoms. The summed E-state index contributed by atoms with van der Waals surface area (Å²) in [6, 6.07) is 17.0. The highest BCUT2D eigenvalue weighted by Crippen LogP contribution is 2.56. The van der Waals surface area contributed by atoms with Crippen molar-refractivity contribution in [3.63, 3.8) is 0 Å². The van der Waals surface area contributed by atoms with Gasteiger partial charge < -0.3 is 24.7 Å². The van der Waals surface area contributed by atoms with Crippen LogP contribution in [0.15, 0.2) is 54.6 Å². The van der Waals surface area contributed by atoms with E-state index in [1.165, 1.54) is 11.0 Å². The van der Waals surface area contributed by atoms with Crippen molar-refractivity contribution in [3.05, 3.63) is 65.7 Å². The Kier molecular flexibility index (Phi) is 6.95. The molecule has 1 unspecified atom stereocenters. The van der Waals surface area contributed by atoms with Crippen LogP contribution in [0.4, 0.5) is 10.5 Å². The summed E-state index contributed by atoms with van der Waals surface area (Å²) in [5.41, 5.74) is 2.11. The Balaban J connectivity index is 1.24. The zero-order valence-corrected chi connectivity index (χ0v) is 24.8. The van der Waals surface area contributed by atoms with Gasteiger partial charge in [-0.05, 0) is 41.1 Å². The van der Waals surface area contributed by atoms with Crippen molar-refractivity contribution >= 4 is 28.4 Å². The number of phenols is 2. The Morgan fingerprint density at radius 1 is 0.930 bits per heavy atom. The van der Waals surface area contributed by atoms with Crippen molar-refractivity contribution in [1.29, 1.82) is 0 Å². The lowest BCUT2D eigenvalue weighted by Crippen LogP contribution is -2.51. The SMILES string of the molecule is CN(C)c1ccc([C@@H]2C[C@@H]3CN(Cc4ccc(O)c(O)c4)CC34C(=O)N(CCN3CCOCC3)C(=O)N24)c2ccccc12. The highest BCUT2D eigenvalue weighted by Gasteiger charge is 2.70. The quantitative estimate of drug-likeness (QED) is 0.322. The molecule has 7 rings (SSSR count). The Morgan fingerprint density at radius 2 is 1.70 bits per heavy atom. The van der Waals surface area contributed by atoms with Crippen molar-refractivity contribution in [3.8, 4) is 11.5 Å². The molecule has 0 radical (unpaired) electrons. The second-order valence-corrected chi connectivity index (χ2v) is 12.5. The predicted molar refractivity (Wildman–Crippen MR) is 163 cm³/mol. The van der Waals surface area contributed by atoms with Gasteiger partial charge in [0, 0.05) is 76.9 Å². The molecule has 3 amide bonds. The van der Waals surface area contributed by atoms with Gasteiger partial charge in [-0.2, -0.15) is 0 Å². The van der Waals surface area contributed by atoms with E-state index < -0.39 is 5.54 Å². The van der Waals surface area contributed by atoms with Gasteiger partial charge in [-0.25, -0.2) is 4.79 Å². The van der Waals surface area contributed by atoms with Gasteiger partial charge in [-0.3, -0.25) is 19.5 Å². The lowest BCUT2D eigenvalue weighted by molar-refractivity contribution is -0.133. The number of benzene rings is 3. The number of imide groups is 1. The molecule has 43 heavy (non-hydrogen) atoms. The van der Waals surface area contributed by atoms with Crippen LogP contribution in [0.1, 0.15) is 23.6 Å². The molecule has 10 heteroatoms. The molecule has 0 aromatic heterocycles. The highest BCUT2D eigenvalue weighted by molar-refractivity contribution is 6.09. The van der Waals surface area contributed by atoms with Crippen LogP contribution in [-0.2, 0) is 16.1 Å². The standard InChI is InChI=1S/C33H39N5O5/c1-34(2)27-9-8-26(24-5-3-4-6-25(24)27)28-18-23-20-36(19-22-7-10-29(39)30(40)17-22)21-33(23)31(41)37(32(42)38(28)33)12-11-35-13-15-43-16-14-35/h3-10,17,23,28,39-40H,11-16,18-21H2,1-2H3/t23-,28+,33?/m1/s1. The van der Waals surface area contributed by atoms with Crippen LogP contribution in [0.3, 0.4) is 0 Å². The van der Waals surface area contributed by atoms with E-state index in [4.69, 9.17) is 4.74 Å². The maximum absolute atomic E-state index is 14.5. The number of hydrogen-bond donors (Lipinski definition) is 2. The fourth-order valence-electron chi connectivity index (χ4n) is 7.85. The number of morpholine rings is 1. The molecular formula is C33H39N5O5. The normalized spacial score (nSPS) is 26.0. The lowest BCUT2D eigenvalue weighted by Gasteiger charge is -2.32. The fraction of sp³-hybridized carbons (Fsp3) is 0.455. The molecule has 0 aliphatic carbocycles. The smallest absolute Gasteiger partial charge is 0.328 e. The number of rotatable bonds is 7. The molecule has 4 aliphatic heterocycles. The Hall–Kier alpha value is -3.86. The summed E-state index contributed by atoms with van der Waals surface area (Å²) in [6.07, 6.45) is 0.706. The summed E-state index contributed by atoms with van der Waals surface area (Å²) in [7, 11) is 4.07. The Morgan fingerprint density at radius 3 is 2.44 bits per heavy atom. The first-order valence-electron chi connectivity index (χ1n) is 15.2. The Bertz CT molecular complexity index is 1570. The van der Waals surface area contributed by atoms with Crippen LogP contribution in [-0.4, -0.2) is 114 Å². The van der Waals surface area contributed by atoms with Gasteiger partial charge in [0.05, 0.1) is 19.3 Å². The van der Waals surface area contributed by atoms with Gasteiger partial charge >= 0.3 is 6.03 Å². The molecular weight excluding hydrogens is 546 g/mol. The number of anilines is 1. The maximum atomic E-state index is 14.5. The van der Waals surface area contributed by atoms with Crippen LogP contribution < -0.4 is 4.90 Å². The number of likely N-dealkylation sites (tertiary alicyclic amines) is 1. The minimum absolute atomic E-state index is 0.0275. The van der Waals surface area contributed by atoms with E-state index in [2.05, 4.69) is 39.0 Å². The molecule has 226 valence electrons. The van der Waals surface area contributed by atoms with Gasteiger partial charge in [0.1, 0.15) is 5.54 Å². The predicted octanol–water partition coefficient (Wildman–Crippen LogP) is 3.23. The van der Waals surface area contributed by atoms with Crippen LogP contribution in [0, 0.1) is 5.92 Å². The van der Waals surface area contributed by atoms with E-state index in [0.29, 0.717) is 52.4 Å². The molecule has 0 saturated carbocycles. The minimum atomic E-state index is -0.937. The van der Waals surface area contributed by atoms with Gasteiger partial charge in [-0.1, -0.05) is 36.4 Å². The summed E-state index contributed by atoms with van der Waals surface area (Å²) >= 11 is 0. The lowest BCUT2D eigenvalue weighted by atomic mass is 9.87. The first-order chi connectivity index (χ1) is 20.8. The molecule has 10 nitrogen and oxygen atoms in total. The molecule has 0 bridgehead atoms. The number of nitrogens with zero attached hydrogens (tertiary/aromatic N) is 5. The van der Waals surface area contributed by atoms with E-state index in [1.54, 1.807) is 12.1 Å². The number of amides is 3. The second kappa shape index (κ2) is 10.7. The van der Waals surface area contributed by atoms with Crippen molar-refractivity contribution < 1.29 is 24.5 Å². The fourth-order valence-corrected chi connectivity index (χ4v) is 7.85. The molecule has 2 N–H and O–H groups in total. The molecule has 3 atom stereocenters. The van der Waals surface area contributed by atoms with Crippen molar-refractivity contribution in [2.75, 3.05) is 71.5 Å². The highest BCUT2D eigenvalue weighted by atomic mass is 16.5. The maximum Gasteiger partial charge on any atom is 0.328 e. The minimum Gasteiger partial charge on any atom is -0.504 e. The first kappa shape index (κ1) is 27.9. The zero-order valence-electron chi connectivity index (χ0n) is 24.8. The number of carbonyl (C=O) groups is 2. The Labute approximate surface area is 251 Å². The molecule has 4 heterocycles. The molecule has 4 fully saturated rings. The number of aromatic hydroxyl groups is 2. The van der Waals surface area contributed by atoms with Crippen LogP contribution in [0.25, 0.3) is 10.8 Å². The van der Waals surface area contributed by atoms with Gasteiger partial charge in [-0.15, -0.1) is 0 Å². The second-order valence-electron chi connectivity index (χ2n) is 12.5. The van der Waals surface area contributed by atoms with Crippen molar-refractivity contribution in [1.82, 2.24) is 19.6 Å². The summed E-state index contributed by atoms with van der Waals surface area (Å²) in [4.78, 5) is 38.8. The summed E-state index contributed by atoms with van der Waals surface area (Å²) in [6.45, 7) is 5.54. The van der Waals surface area contributed by atoms with E-state index in [1.807, 2.05) is 31.1 Å². The number of urea groups is 1. The summed E-state index contributed by atoms with van der Waals surface area (Å²) < 4.78 is 5.49. The van der Waals surface area contributed by atoms with Crippen molar-refractivity contribution in [2.45, 2.75) is 24.5 Å². The van der Waals surface area contributed by atoms with Gasteiger partial charge in [0.15, 0.2) is 11.5 Å². The van der Waals surface area contributed by atoms with E-state index in [9.17, 15) is 19.8 Å². The number of hydrogen-bond acceptors (Lipinski definition) is 8. The number of fused-ring (bicyclic) bond motifs is 1. The third-order valence-corrected chi connectivity index (χ3v) is 9.89. The van der Waals surface area contributed by atoms with E-state index in [-0.39, 0.29) is 35.4 Å². The largest absolute Gasteiger partial charge is 0.504 e. The topological polar surface area (TPSA) is 100 Å². The zero-order chi connectivity index (χ0) is 29.9.